The van der Waals surface area contributed by atoms with Crippen molar-refractivity contribution in [2.24, 2.45) is 4.99 Å². The monoisotopic (exact) mass is 535 g/mol. The van der Waals surface area contributed by atoms with Gasteiger partial charge in [-0.3, -0.25) is 4.68 Å². The molecular formula is C23H30IN5O2. The van der Waals surface area contributed by atoms with Crippen LogP contribution in [0.4, 0.5) is 5.69 Å². The van der Waals surface area contributed by atoms with Crippen LogP contribution in [-0.4, -0.2) is 36.0 Å². The van der Waals surface area contributed by atoms with E-state index < -0.39 is 0 Å². The Balaban J connectivity index is 0.00000341. The van der Waals surface area contributed by atoms with Gasteiger partial charge in [0.15, 0.2) is 17.5 Å². The van der Waals surface area contributed by atoms with Gasteiger partial charge in [0.25, 0.3) is 0 Å². The van der Waals surface area contributed by atoms with Gasteiger partial charge in [-0.25, -0.2) is 4.99 Å². The lowest BCUT2D eigenvalue weighted by atomic mass is 10.2. The highest BCUT2D eigenvalue weighted by Crippen LogP contribution is 2.30. The molecule has 1 aromatic heterocycles. The number of aromatic nitrogens is 2. The van der Waals surface area contributed by atoms with Crippen LogP contribution in [0.3, 0.4) is 0 Å². The van der Waals surface area contributed by atoms with Gasteiger partial charge in [0, 0.05) is 30.1 Å². The van der Waals surface area contributed by atoms with Crippen LogP contribution < -0.4 is 20.1 Å². The van der Waals surface area contributed by atoms with Crippen molar-refractivity contribution in [3.63, 3.8) is 0 Å². The molecule has 31 heavy (non-hydrogen) atoms. The maximum absolute atomic E-state index is 5.65. The SMILES string of the molecule is CCNC(=NCc1cnn(Cc2ccccc2)c1)Nc1ccc(OC)c(OCC)c1.I. The number of nitrogens with one attached hydrogen (secondary N) is 2. The van der Waals surface area contributed by atoms with E-state index in [1.54, 1.807) is 7.11 Å². The van der Waals surface area contributed by atoms with E-state index in [1.165, 1.54) is 5.56 Å². The van der Waals surface area contributed by atoms with Crippen LogP contribution in [-0.2, 0) is 13.1 Å². The number of guanidine groups is 1. The number of benzene rings is 2. The van der Waals surface area contributed by atoms with E-state index in [0.717, 1.165) is 24.3 Å². The van der Waals surface area contributed by atoms with Crippen molar-refractivity contribution in [3.05, 3.63) is 72.1 Å². The molecule has 8 heteroatoms. The molecule has 0 bridgehead atoms. The molecular weight excluding hydrogens is 505 g/mol. The Morgan fingerprint density at radius 3 is 2.58 bits per heavy atom. The van der Waals surface area contributed by atoms with Crippen molar-refractivity contribution in [2.75, 3.05) is 25.6 Å². The number of hydrogen-bond donors (Lipinski definition) is 2. The second kappa shape index (κ2) is 12.8. The number of hydrogen-bond acceptors (Lipinski definition) is 4. The largest absolute Gasteiger partial charge is 0.493 e. The van der Waals surface area contributed by atoms with E-state index in [9.17, 15) is 0 Å². The summed E-state index contributed by atoms with van der Waals surface area (Å²) < 4.78 is 12.9. The van der Waals surface area contributed by atoms with E-state index in [4.69, 9.17) is 9.47 Å². The zero-order chi connectivity index (χ0) is 21.2. The second-order valence-corrected chi connectivity index (χ2v) is 6.65. The Bertz CT molecular complexity index is 960. The van der Waals surface area contributed by atoms with Gasteiger partial charge in [-0.05, 0) is 31.5 Å². The highest BCUT2D eigenvalue weighted by atomic mass is 127. The third kappa shape index (κ3) is 7.46. The van der Waals surface area contributed by atoms with Gasteiger partial charge in [-0.2, -0.15) is 5.10 Å². The van der Waals surface area contributed by atoms with Crippen molar-refractivity contribution >= 4 is 35.6 Å². The molecule has 3 rings (SSSR count). The Labute approximate surface area is 200 Å². The zero-order valence-corrected chi connectivity index (χ0v) is 20.5. The van der Waals surface area contributed by atoms with Gasteiger partial charge in [-0.1, -0.05) is 30.3 Å². The lowest BCUT2D eigenvalue weighted by Gasteiger charge is -2.14. The van der Waals surface area contributed by atoms with Crippen molar-refractivity contribution < 1.29 is 9.47 Å². The summed E-state index contributed by atoms with van der Waals surface area (Å²) in [7, 11) is 1.63. The standard InChI is InChI=1S/C23H29N5O2.HI/c1-4-24-23(27-20-11-12-21(29-3)22(13-20)30-5-2)25-14-19-15-26-28(17-19)16-18-9-7-6-8-10-18;/h6-13,15,17H,4-5,14,16H2,1-3H3,(H2,24,25,27);1H. The van der Waals surface area contributed by atoms with E-state index in [2.05, 4.69) is 32.9 Å². The first-order valence-electron chi connectivity index (χ1n) is 10.1. The molecule has 166 valence electrons. The summed E-state index contributed by atoms with van der Waals surface area (Å²) in [5.74, 6) is 2.10. The molecule has 2 N–H and O–H groups in total. The molecule has 0 amide bonds. The minimum atomic E-state index is 0. The van der Waals surface area contributed by atoms with E-state index in [-0.39, 0.29) is 24.0 Å². The third-order valence-corrected chi connectivity index (χ3v) is 4.36. The topological polar surface area (TPSA) is 72.7 Å². The highest BCUT2D eigenvalue weighted by Gasteiger charge is 2.07. The minimum Gasteiger partial charge on any atom is -0.493 e. The van der Waals surface area contributed by atoms with Gasteiger partial charge in [0.2, 0.25) is 0 Å². The zero-order valence-electron chi connectivity index (χ0n) is 18.2. The molecule has 7 nitrogen and oxygen atoms in total. The van der Waals surface area contributed by atoms with Crippen LogP contribution in [0.5, 0.6) is 11.5 Å². The first-order valence-corrected chi connectivity index (χ1v) is 10.1. The molecule has 0 saturated heterocycles. The fourth-order valence-electron chi connectivity index (χ4n) is 2.98. The van der Waals surface area contributed by atoms with Crippen molar-refractivity contribution in [3.8, 4) is 11.5 Å². The average molecular weight is 535 g/mol. The van der Waals surface area contributed by atoms with Crippen molar-refractivity contribution in [1.29, 1.82) is 0 Å². The van der Waals surface area contributed by atoms with Crippen LogP contribution in [0, 0.1) is 0 Å². The average Bonchev–Trinajstić information content (AvgIpc) is 3.21. The number of nitrogens with zero attached hydrogens (tertiary/aromatic N) is 3. The molecule has 0 saturated carbocycles. The van der Waals surface area contributed by atoms with Crippen LogP contribution in [0.2, 0.25) is 0 Å². The van der Waals surface area contributed by atoms with E-state index >= 15 is 0 Å². The Morgan fingerprint density at radius 1 is 1.06 bits per heavy atom. The predicted octanol–water partition coefficient (Wildman–Crippen LogP) is 4.53. The van der Waals surface area contributed by atoms with Gasteiger partial charge < -0.3 is 20.1 Å². The lowest BCUT2D eigenvalue weighted by Crippen LogP contribution is -2.30. The number of anilines is 1. The molecule has 0 fully saturated rings. The molecule has 0 aliphatic heterocycles. The van der Waals surface area contributed by atoms with E-state index in [1.807, 2.05) is 67.3 Å². The summed E-state index contributed by atoms with van der Waals surface area (Å²) in [6.45, 7) is 6.58. The predicted molar refractivity (Wildman–Crippen MR) is 136 cm³/mol. The number of methoxy groups -OCH3 is 1. The fraction of sp³-hybridized carbons (Fsp3) is 0.304. The third-order valence-electron chi connectivity index (χ3n) is 4.36. The van der Waals surface area contributed by atoms with Crippen LogP contribution in [0.15, 0.2) is 65.9 Å². The maximum Gasteiger partial charge on any atom is 0.196 e. The Hall–Kier alpha value is -2.75. The summed E-state index contributed by atoms with van der Waals surface area (Å²) in [4.78, 5) is 4.69. The second-order valence-electron chi connectivity index (χ2n) is 6.65. The first kappa shape index (κ1) is 24.5. The maximum atomic E-state index is 5.65. The Morgan fingerprint density at radius 2 is 1.87 bits per heavy atom. The van der Waals surface area contributed by atoms with Crippen LogP contribution in [0.25, 0.3) is 0 Å². The summed E-state index contributed by atoms with van der Waals surface area (Å²) in [6.07, 6.45) is 3.89. The Kier molecular flexibility index (Phi) is 10.2. The van der Waals surface area contributed by atoms with Crippen molar-refractivity contribution in [1.82, 2.24) is 15.1 Å². The first-order chi connectivity index (χ1) is 14.7. The van der Waals surface area contributed by atoms with Gasteiger partial charge in [0.05, 0.1) is 33.0 Å². The van der Waals surface area contributed by atoms with Gasteiger partial charge >= 0.3 is 0 Å². The lowest BCUT2D eigenvalue weighted by molar-refractivity contribution is 0.311. The molecule has 2 aromatic carbocycles. The highest BCUT2D eigenvalue weighted by molar-refractivity contribution is 14.0. The molecule has 0 spiro atoms. The molecule has 0 atom stereocenters. The number of aliphatic imine (C=N–C) groups is 1. The normalized spacial score (nSPS) is 10.9. The molecule has 3 aromatic rings. The summed E-state index contributed by atoms with van der Waals surface area (Å²) in [6, 6.07) is 16.0. The van der Waals surface area contributed by atoms with Crippen molar-refractivity contribution in [2.45, 2.75) is 26.9 Å². The van der Waals surface area contributed by atoms with E-state index in [0.29, 0.717) is 30.6 Å². The molecule has 1 heterocycles. The number of rotatable bonds is 9. The number of halogens is 1. The van der Waals surface area contributed by atoms with Crippen LogP contribution in [0.1, 0.15) is 25.0 Å². The molecule has 0 aliphatic carbocycles. The molecule has 0 aliphatic rings. The molecule has 0 unspecified atom stereocenters. The fourth-order valence-corrected chi connectivity index (χ4v) is 2.98. The summed E-state index contributed by atoms with van der Waals surface area (Å²) >= 11 is 0. The van der Waals surface area contributed by atoms with Gasteiger partial charge in [0.1, 0.15) is 0 Å². The molecule has 0 radical (unpaired) electrons. The summed E-state index contributed by atoms with van der Waals surface area (Å²) in [5.41, 5.74) is 3.14. The number of ether oxygens (including phenoxy) is 2. The minimum absolute atomic E-state index is 0. The summed E-state index contributed by atoms with van der Waals surface area (Å²) in [5, 5.41) is 11.0. The van der Waals surface area contributed by atoms with Crippen LogP contribution >= 0.6 is 24.0 Å². The smallest absolute Gasteiger partial charge is 0.196 e. The van der Waals surface area contributed by atoms with Gasteiger partial charge in [-0.15, -0.1) is 24.0 Å². The quantitative estimate of drug-likeness (QED) is 0.239.